The highest BCUT2D eigenvalue weighted by molar-refractivity contribution is 6.31. The highest BCUT2D eigenvalue weighted by Crippen LogP contribution is 2.23. The Labute approximate surface area is 115 Å². The number of carbonyl (C=O) groups is 1. The van der Waals surface area contributed by atoms with Crippen LogP contribution < -0.4 is 0 Å². The van der Waals surface area contributed by atoms with Gasteiger partial charge in [-0.2, -0.15) is 0 Å². The number of hydrogen-bond acceptors (Lipinski definition) is 2. The van der Waals surface area contributed by atoms with E-state index in [2.05, 4.69) is 18.7 Å². The van der Waals surface area contributed by atoms with E-state index in [9.17, 15) is 4.79 Å². The third kappa shape index (κ3) is 2.93. The van der Waals surface area contributed by atoms with Gasteiger partial charge in [0.15, 0.2) is 5.78 Å². The average molecular weight is 268 g/mol. The van der Waals surface area contributed by atoms with Crippen LogP contribution in [0, 0.1) is 6.92 Å². The van der Waals surface area contributed by atoms with Gasteiger partial charge in [-0.3, -0.25) is 9.69 Å². The van der Waals surface area contributed by atoms with E-state index in [-0.39, 0.29) is 5.78 Å². The van der Waals surface area contributed by atoms with E-state index >= 15 is 0 Å². The summed E-state index contributed by atoms with van der Waals surface area (Å²) < 4.78 is 0. The number of benzene rings is 1. The van der Waals surface area contributed by atoms with Crippen molar-refractivity contribution in [3.05, 3.63) is 34.3 Å². The molecule has 0 aliphatic heterocycles. The van der Waals surface area contributed by atoms with Gasteiger partial charge in [-0.15, -0.1) is 0 Å². The Morgan fingerprint density at radius 3 is 2.28 bits per heavy atom. The van der Waals surface area contributed by atoms with Gasteiger partial charge in [0, 0.05) is 10.6 Å². The quantitative estimate of drug-likeness (QED) is 0.753. The van der Waals surface area contributed by atoms with E-state index in [0.717, 1.165) is 18.7 Å². The van der Waals surface area contributed by atoms with Crippen molar-refractivity contribution < 1.29 is 4.79 Å². The summed E-state index contributed by atoms with van der Waals surface area (Å²) in [7, 11) is 0. The van der Waals surface area contributed by atoms with Gasteiger partial charge in [0.1, 0.15) is 0 Å². The standard InChI is InChI=1S/C15H22ClNO/c1-6-17(7-2)15(4,5)14(18)12-9-8-11(3)13(16)10-12/h8-10H,6-7H2,1-5H3. The van der Waals surface area contributed by atoms with Gasteiger partial charge in [-0.1, -0.05) is 37.6 Å². The molecule has 0 aliphatic rings. The highest BCUT2D eigenvalue weighted by Gasteiger charge is 2.33. The van der Waals surface area contributed by atoms with Crippen molar-refractivity contribution in [1.82, 2.24) is 4.90 Å². The monoisotopic (exact) mass is 267 g/mol. The number of halogens is 1. The molecule has 0 saturated heterocycles. The van der Waals surface area contributed by atoms with Crippen molar-refractivity contribution in [3.8, 4) is 0 Å². The summed E-state index contributed by atoms with van der Waals surface area (Å²) in [6.07, 6.45) is 0. The van der Waals surface area contributed by atoms with E-state index in [1.807, 2.05) is 32.9 Å². The Morgan fingerprint density at radius 1 is 1.28 bits per heavy atom. The third-order valence-corrected chi connectivity index (χ3v) is 3.95. The Kier molecular flexibility index (Phi) is 4.94. The fourth-order valence-corrected chi connectivity index (χ4v) is 2.43. The van der Waals surface area contributed by atoms with Crippen LogP contribution in [0.1, 0.15) is 43.6 Å². The molecule has 0 fully saturated rings. The maximum atomic E-state index is 12.6. The summed E-state index contributed by atoms with van der Waals surface area (Å²) in [4.78, 5) is 14.7. The van der Waals surface area contributed by atoms with Gasteiger partial charge in [0.05, 0.1) is 5.54 Å². The molecule has 1 rings (SSSR count). The maximum absolute atomic E-state index is 12.6. The molecule has 0 radical (unpaired) electrons. The highest BCUT2D eigenvalue weighted by atomic mass is 35.5. The summed E-state index contributed by atoms with van der Waals surface area (Å²) in [5, 5.41) is 0.649. The lowest BCUT2D eigenvalue weighted by atomic mass is 9.91. The molecule has 0 unspecified atom stereocenters. The first-order chi connectivity index (χ1) is 8.34. The van der Waals surface area contributed by atoms with Crippen LogP contribution in [0.15, 0.2) is 18.2 Å². The van der Waals surface area contributed by atoms with Gasteiger partial charge in [-0.05, 0) is 45.5 Å². The first kappa shape index (κ1) is 15.2. The van der Waals surface area contributed by atoms with E-state index in [1.54, 1.807) is 6.07 Å². The van der Waals surface area contributed by atoms with Crippen LogP contribution >= 0.6 is 11.6 Å². The van der Waals surface area contributed by atoms with Crippen molar-refractivity contribution in [2.75, 3.05) is 13.1 Å². The molecule has 3 heteroatoms. The molecule has 0 heterocycles. The zero-order chi connectivity index (χ0) is 13.9. The molecule has 1 aromatic rings. The van der Waals surface area contributed by atoms with Crippen LogP contribution in [0.5, 0.6) is 0 Å². The van der Waals surface area contributed by atoms with Crippen LogP contribution in [0.3, 0.4) is 0 Å². The van der Waals surface area contributed by atoms with Crippen LogP contribution in [-0.2, 0) is 0 Å². The van der Waals surface area contributed by atoms with Crippen molar-refractivity contribution in [2.45, 2.75) is 40.2 Å². The van der Waals surface area contributed by atoms with Crippen molar-refractivity contribution in [2.24, 2.45) is 0 Å². The molecule has 0 aliphatic carbocycles. The summed E-state index contributed by atoms with van der Waals surface area (Å²) in [6, 6.07) is 5.52. The number of rotatable bonds is 5. The second-order valence-corrected chi connectivity index (χ2v) is 5.43. The zero-order valence-corrected chi connectivity index (χ0v) is 12.6. The molecule has 0 saturated carbocycles. The Balaban J connectivity index is 3.09. The molecule has 0 N–H and O–H groups in total. The first-order valence-electron chi connectivity index (χ1n) is 6.40. The van der Waals surface area contributed by atoms with Crippen LogP contribution in [0.4, 0.5) is 0 Å². The van der Waals surface area contributed by atoms with Gasteiger partial charge >= 0.3 is 0 Å². The molecule has 0 atom stereocenters. The van der Waals surface area contributed by atoms with Crippen LogP contribution in [0.25, 0.3) is 0 Å². The first-order valence-corrected chi connectivity index (χ1v) is 6.78. The number of aryl methyl sites for hydroxylation is 1. The molecule has 0 aromatic heterocycles. The molecule has 0 bridgehead atoms. The summed E-state index contributed by atoms with van der Waals surface area (Å²) in [5.74, 6) is 0.119. The largest absolute Gasteiger partial charge is 0.292 e. The van der Waals surface area contributed by atoms with Gasteiger partial charge in [-0.25, -0.2) is 0 Å². The van der Waals surface area contributed by atoms with E-state index in [1.165, 1.54) is 0 Å². The average Bonchev–Trinajstić information content (AvgIpc) is 2.33. The van der Waals surface area contributed by atoms with Crippen molar-refractivity contribution >= 4 is 17.4 Å². The number of nitrogens with zero attached hydrogens (tertiary/aromatic N) is 1. The Bertz CT molecular complexity index is 436. The predicted molar refractivity (Wildman–Crippen MR) is 77.5 cm³/mol. The van der Waals surface area contributed by atoms with Crippen LogP contribution in [0.2, 0.25) is 5.02 Å². The third-order valence-electron chi connectivity index (χ3n) is 3.54. The second kappa shape index (κ2) is 5.85. The second-order valence-electron chi connectivity index (χ2n) is 5.02. The number of hydrogen-bond donors (Lipinski definition) is 0. The maximum Gasteiger partial charge on any atom is 0.182 e. The minimum Gasteiger partial charge on any atom is -0.292 e. The van der Waals surface area contributed by atoms with Gasteiger partial charge in [0.2, 0.25) is 0 Å². The molecule has 18 heavy (non-hydrogen) atoms. The smallest absolute Gasteiger partial charge is 0.182 e. The number of carbonyl (C=O) groups excluding carboxylic acids is 1. The predicted octanol–water partition coefficient (Wildman–Crippen LogP) is 3.95. The van der Waals surface area contributed by atoms with Gasteiger partial charge < -0.3 is 0 Å². The number of ketones is 1. The molecular formula is C15H22ClNO. The Hall–Kier alpha value is -0.860. The molecule has 100 valence electrons. The normalized spacial score (nSPS) is 11.9. The molecule has 2 nitrogen and oxygen atoms in total. The van der Waals surface area contributed by atoms with Crippen molar-refractivity contribution in [3.63, 3.8) is 0 Å². The molecule has 1 aromatic carbocycles. The fourth-order valence-electron chi connectivity index (χ4n) is 2.25. The summed E-state index contributed by atoms with van der Waals surface area (Å²) >= 11 is 6.09. The lowest BCUT2D eigenvalue weighted by molar-refractivity contribution is 0.0669. The minimum absolute atomic E-state index is 0.119. The summed E-state index contributed by atoms with van der Waals surface area (Å²) in [6.45, 7) is 11.7. The zero-order valence-electron chi connectivity index (χ0n) is 11.9. The minimum atomic E-state index is -0.498. The van der Waals surface area contributed by atoms with Crippen LogP contribution in [-0.4, -0.2) is 29.3 Å². The molecule has 0 amide bonds. The number of Topliss-reactive ketones (excluding diaryl/α,β-unsaturated/α-hetero) is 1. The molecular weight excluding hydrogens is 246 g/mol. The van der Waals surface area contributed by atoms with E-state index < -0.39 is 5.54 Å². The van der Waals surface area contributed by atoms with Crippen molar-refractivity contribution in [1.29, 1.82) is 0 Å². The lowest BCUT2D eigenvalue weighted by Gasteiger charge is -2.35. The Morgan fingerprint density at radius 2 is 1.83 bits per heavy atom. The fraction of sp³-hybridized carbons (Fsp3) is 0.533. The van der Waals surface area contributed by atoms with Gasteiger partial charge in [0.25, 0.3) is 0 Å². The molecule has 0 spiro atoms. The SMILES string of the molecule is CCN(CC)C(C)(C)C(=O)c1ccc(C)c(Cl)c1. The van der Waals surface area contributed by atoms with E-state index in [0.29, 0.717) is 10.6 Å². The number of likely N-dealkylation sites (N-methyl/N-ethyl adjacent to an activating group) is 1. The summed E-state index contributed by atoms with van der Waals surface area (Å²) in [5.41, 5.74) is 1.18. The topological polar surface area (TPSA) is 20.3 Å². The lowest BCUT2D eigenvalue weighted by Crippen LogP contribution is -2.49. The van der Waals surface area contributed by atoms with E-state index in [4.69, 9.17) is 11.6 Å².